The van der Waals surface area contributed by atoms with Gasteiger partial charge in [-0.15, -0.1) is 0 Å². The lowest BCUT2D eigenvalue weighted by Gasteiger charge is -2.14. The predicted octanol–water partition coefficient (Wildman–Crippen LogP) is 2.55. The Balaban J connectivity index is 1.65. The van der Waals surface area contributed by atoms with E-state index in [1.807, 2.05) is 6.07 Å². The van der Waals surface area contributed by atoms with Crippen molar-refractivity contribution in [3.8, 4) is 11.1 Å². The van der Waals surface area contributed by atoms with Crippen molar-refractivity contribution in [2.45, 2.75) is 43.2 Å². The van der Waals surface area contributed by atoms with Crippen LogP contribution in [0.5, 0.6) is 0 Å². The van der Waals surface area contributed by atoms with E-state index in [9.17, 15) is 13.5 Å². The lowest BCUT2D eigenvalue weighted by atomic mass is 10.1. The SMILES string of the molecule is CC[C@H](CO)NS(=O)(=O)c1ccc(-c2ccnc3[nH]c(C4CC4)cc23)cn1. The number of pyridine rings is 2. The van der Waals surface area contributed by atoms with Crippen LogP contribution in [0, 0.1) is 0 Å². The van der Waals surface area contributed by atoms with E-state index in [0.29, 0.717) is 12.3 Å². The molecule has 27 heavy (non-hydrogen) atoms. The minimum atomic E-state index is -3.76. The summed E-state index contributed by atoms with van der Waals surface area (Å²) >= 11 is 0. The lowest BCUT2D eigenvalue weighted by Crippen LogP contribution is -2.37. The van der Waals surface area contributed by atoms with E-state index in [2.05, 4.69) is 25.7 Å². The molecule has 0 aliphatic heterocycles. The maximum absolute atomic E-state index is 12.4. The molecule has 0 unspecified atom stereocenters. The fraction of sp³-hybridized carbons (Fsp3) is 0.368. The Bertz CT molecular complexity index is 1050. The highest BCUT2D eigenvalue weighted by molar-refractivity contribution is 7.89. The molecule has 3 N–H and O–H groups in total. The Morgan fingerprint density at radius 1 is 1.30 bits per heavy atom. The third-order valence-electron chi connectivity index (χ3n) is 4.93. The first kappa shape index (κ1) is 18.1. The minimum Gasteiger partial charge on any atom is -0.395 e. The van der Waals surface area contributed by atoms with Crippen molar-refractivity contribution >= 4 is 21.1 Å². The average molecular weight is 386 g/mol. The topological polar surface area (TPSA) is 108 Å². The molecule has 0 saturated heterocycles. The first-order valence-corrected chi connectivity index (χ1v) is 10.6. The molecule has 142 valence electrons. The first-order valence-electron chi connectivity index (χ1n) is 9.09. The Hall–Kier alpha value is -2.29. The number of aromatic amines is 1. The first-order chi connectivity index (χ1) is 13.0. The maximum Gasteiger partial charge on any atom is 0.258 e. The van der Waals surface area contributed by atoms with Gasteiger partial charge < -0.3 is 10.1 Å². The van der Waals surface area contributed by atoms with Crippen LogP contribution in [0.1, 0.15) is 37.8 Å². The van der Waals surface area contributed by atoms with Crippen molar-refractivity contribution in [2.24, 2.45) is 0 Å². The third kappa shape index (κ3) is 3.60. The van der Waals surface area contributed by atoms with Gasteiger partial charge in [0.15, 0.2) is 5.03 Å². The van der Waals surface area contributed by atoms with Gasteiger partial charge >= 0.3 is 0 Å². The van der Waals surface area contributed by atoms with Crippen LogP contribution < -0.4 is 4.72 Å². The molecule has 3 aromatic rings. The van der Waals surface area contributed by atoms with Gasteiger partial charge in [0.1, 0.15) is 5.65 Å². The smallest absolute Gasteiger partial charge is 0.258 e. The summed E-state index contributed by atoms with van der Waals surface area (Å²) in [6.45, 7) is 1.56. The van der Waals surface area contributed by atoms with E-state index in [4.69, 9.17) is 0 Å². The van der Waals surface area contributed by atoms with E-state index in [1.165, 1.54) is 24.6 Å². The van der Waals surface area contributed by atoms with Crippen molar-refractivity contribution < 1.29 is 13.5 Å². The maximum atomic E-state index is 12.4. The molecule has 1 fully saturated rings. The Morgan fingerprint density at radius 3 is 2.74 bits per heavy atom. The van der Waals surface area contributed by atoms with Gasteiger partial charge in [0.2, 0.25) is 0 Å². The summed E-state index contributed by atoms with van der Waals surface area (Å²) in [6.07, 6.45) is 6.21. The number of nitrogens with zero attached hydrogens (tertiary/aromatic N) is 2. The number of rotatable bonds is 7. The van der Waals surface area contributed by atoms with E-state index >= 15 is 0 Å². The molecule has 7 nitrogen and oxygen atoms in total. The molecule has 1 atom stereocenters. The summed E-state index contributed by atoms with van der Waals surface area (Å²) in [5, 5.41) is 10.2. The highest BCUT2D eigenvalue weighted by atomic mass is 32.2. The number of aromatic nitrogens is 3. The fourth-order valence-corrected chi connectivity index (χ4v) is 4.38. The molecular weight excluding hydrogens is 364 g/mol. The average Bonchev–Trinajstić information content (AvgIpc) is 3.44. The third-order valence-corrected chi connectivity index (χ3v) is 6.36. The zero-order valence-corrected chi connectivity index (χ0v) is 15.8. The summed E-state index contributed by atoms with van der Waals surface area (Å²) in [5.41, 5.74) is 3.84. The normalized spacial score (nSPS) is 15.9. The summed E-state index contributed by atoms with van der Waals surface area (Å²) in [4.78, 5) is 11.9. The number of nitrogens with one attached hydrogen (secondary N) is 2. The Morgan fingerprint density at radius 2 is 2.11 bits per heavy atom. The van der Waals surface area contributed by atoms with Crippen LogP contribution in [0.25, 0.3) is 22.2 Å². The number of hydrogen-bond acceptors (Lipinski definition) is 5. The summed E-state index contributed by atoms with van der Waals surface area (Å²) in [7, 11) is -3.76. The Labute approximate surface area is 157 Å². The van der Waals surface area contributed by atoms with Gasteiger partial charge in [-0.2, -0.15) is 0 Å². The standard InChI is InChI=1S/C19H22N4O3S/c1-2-14(11-24)23-27(25,26)18-6-5-13(10-21-18)15-7-8-20-19-16(15)9-17(22-19)12-3-4-12/h5-10,12,14,23-24H,2-4,11H2,1H3,(H,20,22)/t14-/m1/s1. The number of fused-ring (bicyclic) bond motifs is 1. The molecule has 4 rings (SSSR count). The molecule has 8 heteroatoms. The molecule has 1 aliphatic rings. The van der Waals surface area contributed by atoms with Crippen LogP contribution in [-0.4, -0.2) is 41.1 Å². The molecule has 0 amide bonds. The highest BCUT2D eigenvalue weighted by Gasteiger charge is 2.26. The minimum absolute atomic E-state index is 0.0591. The van der Waals surface area contributed by atoms with Crippen LogP contribution in [-0.2, 0) is 10.0 Å². The molecular formula is C19H22N4O3S. The summed E-state index contributed by atoms with van der Waals surface area (Å²) < 4.78 is 27.3. The van der Waals surface area contributed by atoms with Crippen LogP contribution in [0.4, 0.5) is 0 Å². The Kier molecular flexibility index (Phi) is 4.71. The van der Waals surface area contributed by atoms with Gasteiger partial charge in [0.25, 0.3) is 10.0 Å². The number of H-pyrrole nitrogens is 1. The van der Waals surface area contributed by atoms with Crippen LogP contribution in [0.15, 0.2) is 41.7 Å². The lowest BCUT2D eigenvalue weighted by molar-refractivity contribution is 0.253. The van der Waals surface area contributed by atoms with Gasteiger partial charge in [-0.3, -0.25) is 0 Å². The van der Waals surface area contributed by atoms with Gasteiger partial charge in [0.05, 0.1) is 6.61 Å². The largest absolute Gasteiger partial charge is 0.395 e. The van der Waals surface area contributed by atoms with Crippen LogP contribution in [0.2, 0.25) is 0 Å². The molecule has 3 aromatic heterocycles. The summed E-state index contributed by atoms with van der Waals surface area (Å²) in [6, 6.07) is 6.77. The van der Waals surface area contributed by atoms with E-state index < -0.39 is 16.1 Å². The molecule has 0 radical (unpaired) electrons. The highest BCUT2D eigenvalue weighted by Crippen LogP contribution is 2.41. The second kappa shape index (κ2) is 7.03. The van der Waals surface area contributed by atoms with Crippen molar-refractivity contribution in [1.82, 2.24) is 19.7 Å². The van der Waals surface area contributed by atoms with Crippen molar-refractivity contribution in [3.63, 3.8) is 0 Å². The van der Waals surface area contributed by atoms with Gasteiger partial charge in [-0.05, 0) is 55.0 Å². The predicted molar refractivity (Wildman–Crippen MR) is 103 cm³/mol. The fourth-order valence-electron chi connectivity index (χ4n) is 3.14. The molecule has 0 bridgehead atoms. The van der Waals surface area contributed by atoms with Gasteiger partial charge in [-0.1, -0.05) is 6.92 Å². The second-order valence-corrected chi connectivity index (χ2v) is 8.57. The number of sulfonamides is 1. The number of aliphatic hydroxyl groups excluding tert-OH is 1. The van der Waals surface area contributed by atoms with Crippen molar-refractivity contribution in [3.05, 3.63) is 42.4 Å². The van der Waals surface area contributed by atoms with E-state index in [-0.39, 0.29) is 11.6 Å². The van der Waals surface area contributed by atoms with Crippen LogP contribution >= 0.6 is 0 Å². The molecule has 0 aromatic carbocycles. The summed E-state index contributed by atoms with van der Waals surface area (Å²) in [5.74, 6) is 0.599. The van der Waals surface area contributed by atoms with Crippen LogP contribution in [0.3, 0.4) is 0 Å². The van der Waals surface area contributed by atoms with Gasteiger partial charge in [-0.25, -0.2) is 23.1 Å². The van der Waals surface area contributed by atoms with E-state index in [0.717, 1.165) is 22.2 Å². The molecule has 1 saturated carbocycles. The number of aliphatic hydroxyl groups is 1. The number of hydrogen-bond donors (Lipinski definition) is 3. The molecule has 1 aliphatic carbocycles. The van der Waals surface area contributed by atoms with Crippen molar-refractivity contribution in [2.75, 3.05) is 6.61 Å². The van der Waals surface area contributed by atoms with E-state index in [1.54, 1.807) is 25.4 Å². The second-order valence-electron chi connectivity index (χ2n) is 6.91. The van der Waals surface area contributed by atoms with Crippen molar-refractivity contribution in [1.29, 1.82) is 0 Å². The van der Waals surface area contributed by atoms with Gasteiger partial charge in [0, 0.05) is 35.1 Å². The zero-order chi connectivity index (χ0) is 19.0. The molecule has 0 spiro atoms. The zero-order valence-electron chi connectivity index (χ0n) is 15.0. The monoisotopic (exact) mass is 386 g/mol. The quantitative estimate of drug-likeness (QED) is 0.578. The molecule has 3 heterocycles.